The number of aryl methyl sites for hydroxylation is 3. The summed E-state index contributed by atoms with van der Waals surface area (Å²) in [5.74, 6) is 2.15. The number of benzene rings is 3. The molecule has 31 heavy (non-hydrogen) atoms. The molecule has 0 aliphatic carbocycles. The van der Waals surface area contributed by atoms with Crippen molar-refractivity contribution in [2.24, 2.45) is 0 Å². The van der Waals surface area contributed by atoms with E-state index >= 15 is 0 Å². The molecule has 0 amide bonds. The second-order valence-electron chi connectivity index (χ2n) is 7.95. The maximum Gasteiger partial charge on any atom is 0.230 e. The van der Waals surface area contributed by atoms with Crippen LogP contribution in [-0.2, 0) is 19.3 Å². The molecule has 1 aromatic heterocycles. The van der Waals surface area contributed by atoms with Crippen molar-refractivity contribution in [1.29, 1.82) is 0 Å². The molecule has 0 atom stereocenters. The summed E-state index contributed by atoms with van der Waals surface area (Å²) in [4.78, 5) is 14.3. The minimum absolute atomic E-state index is 0.597. The first-order chi connectivity index (χ1) is 15.1. The number of rotatable bonds is 7. The Labute approximate surface area is 184 Å². The van der Waals surface area contributed by atoms with Crippen LogP contribution in [0, 0.1) is 13.8 Å². The fourth-order valence-electron chi connectivity index (χ4n) is 3.53. The number of aromatic nitrogens is 3. The van der Waals surface area contributed by atoms with Crippen molar-refractivity contribution in [2.75, 3.05) is 5.32 Å². The molecular weight excluding hydrogens is 380 g/mol. The zero-order valence-electron chi connectivity index (χ0n) is 18.4. The molecule has 0 fully saturated rings. The molecule has 0 saturated carbocycles. The third-order valence-electron chi connectivity index (χ3n) is 5.34. The van der Waals surface area contributed by atoms with Gasteiger partial charge in [0.2, 0.25) is 5.95 Å². The van der Waals surface area contributed by atoms with Crippen LogP contribution in [0.4, 0.5) is 11.6 Å². The van der Waals surface area contributed by atoms with E-state index in [9.17, 15) is 0 Å². The van der Waals surface area contributed by atoms with Crippen LogP contribution in [0.1, 0.15) is 46.4 Å². The number of nitrogens with one attached hydrogen (secondary N) is 1. The molecular formula is C27H28N4. The first kappa shape index (κ1) is 20.7. The summed E-state index contributed by atoms with van der Waals surface area (Å²) in [6.45, 7) is 6.35. The van der Waals surface area contributed by atoms with Crippen LogP contribution < -0.4 is 5.32 Å². The van der Waals surface area contributed by atoms with Crippen molar-refractivity contribution in [3.05, 3.63) is 112 Å². The molecule has 4 heteroatoms. The molecule has 0 spiro atoms. The van der Waals surface area contributed by atoms with E-state index < -0.39 is 0 Å². The Bertz CT molecular complexity index is 1080. The highest BCUT2D eigenvalue weighted by Gasteiger charge is 2.10. The van der Waals surface area contributed by atoms with Gasteiger partial charge in [0.05, 0.1) is 0 Å². The van der Waals surface area contributed by atoms with E-state index in [4.69, 9.17) is 15.0 Å². The molecule has 0 radical (unpaired) electrons. The van der Waals surface area contributed by atoms with E-state index in [-0.39, 0.29) is 0 Å². The van der Waals surface area contributed by atoms with E-state index in [2.05, 4.69) is 92.8 Å². The molecule has 1 heterocycles. The molecule has 4 rings (SSSR count). The third-order valence-corrected chi connectivity index (χ3v) is 5.34. The van der Waals surface area contributed by atoms with Gasteiger partial charge in [-0.3, -0.25) is 0 Å². The highest BCUT2D eigenvalue weighted by molar-refractivity contribution is 5.58. The molecule has 0 aliphatic rings. The second kappa shape index (κ2) is 9.52. The first-order valence-corrected chi connectivity index (χ1v) is 10.8. The van der Waals surface area contributed by atoms with Crippen LogP contribution >= 0.6 is 0 Å². The minimum Gasteiger partial charge on any atom is -0.324 e. The molecule has 0 saturated heterocycles. The minimum atomic E-state index is 0.597. The van der Waals surface area contributed by atoms with Gasteiger partial charge in [0.25, 0.3) is 0 Å². The smallest absolute Gasteiger partial charge is 0.230 e. The van der Waals surface area contributed by atoms with Crippen LogP contribution in [0.25, 0.3) is 0 Å². The Morgan fingerprint density at radius 2 is 1.16 bits per heavy atom. The second-order valence-corrected chi connectivity index (χ2v) is 7.95. The highest BCUT2D eigenvalue weighted by atomic mass is 15.2. The van der Waals surface area contributed by atoms with Gasteiger partial charge in [-0.2, -0.15) is 9.97 Å². The summed E-state index contributed by atoms with van der Waals surface area (Å²) in [6.07, 6.45) is 2.29. The topological polar surface area (TPSA) is 50.7 Å². The Hall–Kier alpha value is -3.53. The molecule has 4 nitrogen and oxygen atoms in total. The Kier molecular flexibility index (Phi) is 6.37. The highest BCUT2D eigenvalue weighted by Crippen LogP contribution is 2.20. The van der Waals surface area contributed by atoms with Crippen molar-refractivity contribution in [3.63, 3.8) is 0 Å². The normalized spacial score (nSPS) is 10.8. The molecule has 0 bridgehead atoms. The predicted octanol–water partition coefficient (Wildman–Crippen LogP) is 5.98. The van der Waals surface area contributed by atoms with Crippen LogP contribution in [-0.4, -0.2) is 15.0 Å². The summed E-state index contributed by atoms with van der Waals surface area (Å²) >= 11 is 0. The van der Waals surface area contributed by atoms with Gasteiger partial charge in [0, 0.05) is 18.5 Å². The number of nitrogens with zero attached hydrogens (tertiary/aromatic N) is 3. The van der Waals surface area contributed by atoms with Crippen LogP contribution in [0.15, 0.2) is 72.8 Å². The van der Waals surface area contributed by atoms with E-state index in [0.717, 1.165) is 23.8 Å². The van der Waals surface area contributed by atoms with E-state index in [1.807, 2.05) is 6.07 Å². The van der Waals surface area contributed by atoms with Gasteiger partial charge in [0.1, 0.15) is 11.6 Å². The summed E-state index contributed by atoms with van der Waals surface area (Å²) in [5.41, 5.74) is 7.16. The summed E-state index contributed by atoms with van der Waals surface area (Å²) in [5, 5.41) is 3.43. The fraction of sp³-hybridized carbons (Fsp3) is 0.222. The van der Waals surface area contributed by atoms with E-state index in [1.54, 1.807) is 0 Å². The van der Waals surface area contributed by atoms with Crippen molar-refractivity contribution in [1.82, 2.24) is 15.0 Å². The van der Waals surface area contributed by atoms with Crippen molar-refractivity contribution in [2.45, 2.75) is 40.0 Å². The van der Waals surface area contributed by atoms with Crippen molar-refractivity contribution < 1.29 is 0 Å². The Balaban J connectivity index is 1.66. The average Bonchev–Trinajstić information content (AvgIpc) is 2.77. The SMILES string of the molecule is CCc1ccccc1Nc1nc(Cc2ccc(C)cc2)nc(Cc2ccc(C)cc2)n1. The molecule has 3 aromatic carbocycles. The van der Waals surface area contributed by atoms with Gasteiger partial charge >= 0.3 is 0 Å². The molecule has 0 aliphatic heterocycles. The lowest BCUT2D eigenvalue weighted by atomic mass is 10.1. The largest absolute Gasteiger partial charge is 0.324 e. The summed E-state index contributed by atoms with van der Waals surface area (Å²) < 4.78 is 0. The predicted molar refractivity (Wildman–Crippen MR) is 127 cm³/mol. The molecule has 0 unspecified atom stereocenters. The molecule has 1 N–H and O–H groups in total. The number of anilines is 2. The summed E-state index contributed by atoms with van der Waals surface area (Å²) in [6, 6.07) is 25.3. The van der Waals surface area contributed by atoms with Crippen molar-refractivity contribution >= 4 is 11.6 Å². The lowest BCUT2D eigenvalue weighted by Gasteiger charge is -2.12. The number of hydrogen-bond acceptors (Lipinski definition) is 4. The van der Waals surface area contributed by atoms with Crippen LogP contribution in [0.3, 0.4) is 0 Å². The maximum atomic E-state index is 4.79. The molecule has 156 valence electrons. The van der Waals surface area contributed by atoms with Gasteiger partial charge in [-0.15, -0.1) is 0 Å². The Morgan fingerprint density at radius 3 is 1.68 bits per heavy atom. The van der Waals surface area contributed by atoms with Crippen molar-refractivity contribution in [3.8, 4) is 0 Å². The standard InChI is InChI=1S/C27H28N4/c1-4-23-7-5-6-8-24(23)28-27-30-25(17-21-13-9-19(2)10-14-21)29-26(31-27)18-22-15-11-20(3)12-16-22/h5-16H,4,17-18H2,1-3H3,(H,28,29,30,31). The van der Waals surface area contributed by atoms with Gasteiger partial charge in [-0.25, -0.2) is 4.98 Å². The number of hydrogen-bond donors (Lipinski definition) is 1. The Morgan fingerprint density at radius 1 is 0.645 bits per heavy atom. The number of para-hydroxylation sites is 1. The van der Waals surface area contributed by atoms with E-state index in [0.29, 0.717) is 18.8 Å². The summed E-state index contributed by atoms with van der Waals surface area (Å²) in [7, 11) is 0. The third kappa shape index (κ3) is 5.54. The van der Waals surface area contributed by atoms with Gasteiger partial charge in [-0.05, 0) is 43.0 Å². The monoisotopic (exact) mass is 408 g/mol. The van der Waals surface area contributed by atoms with Crippen LogP contribution in [0.2, 0.25) is 0 Å². The first-order valence-electron chi connectivity index (χ1n) is 10.8. The van der Waals surface area contributed by atoms with Gasteiger partial charge in [0.15, 0.2) is 0 Å². The lowest BCUT2D eigenvalue weighted by molar-refractivity contribution is 0.855. The van der Waals surface area contributed by atoms with Gasteiger partial charge in [-0.1, -0.05) is 84.8 Å². The zero-order chi connectivity index (χ0) is 21.6. The van der Waals surface area contributed by atoms with Gasteiger partial charge < -0.3 is 5.32 Å². The fourth-order valence-corrected chi connectivity index (χ4v) is 3.53. The van der Waals surface area contributed by atoms with E-state index in [1.165, 1.54) is 27.8 Å². The zero-order valence-corrected chi connectivity index (χ0v) is 18.4. The average molecular weight is 409 g/mol. The molecule has 4 aromatic rings. The quantitative estimate of drug-likeness (QED) is 0.409. The lowest BCUT2D eigenvalue weighted by Crippen LogP contribution is -2.09. The van der Waals surface area contributed by atoms with Crippen LogP contribution in [0.5, 0.6) is 0 Å². The maximum absolute atomic E-state index is 4.79.